The SMILES string of the molecule is Cc1ccc(S(=O)(=O)NCCC(CNC(=O)c2ccccc2)NC(=O)c2ccccc2)cc1. The largest absolute Gasteiger partial charge is 0.350 e. The van der Waals surface area contributed by atoms with Gasteiger partial charge in [-0.2, -0.15) is 0 Å². The van der Waals surface area contributed by atoms with Gasteiger partial charge in [-0.05, 0) is 49.7 Å². The standard InChI is InChI=1S/C25H27N3O4S/c1-19-12-14-23(15-13-19)33(31,32)27-17-16-22(28-25(30)21-10-6-3-7-11-21)18-26-24(29)20-8-4-2-5-9-20/h2-15,22,27H,16-18H2,1H3,(H,26,29)(H,28,30). The Kier molecular flexibility index (Phi) is 8.34. The number of rotatable bonds is 10. The molecule has 33 heavy (non-hydrogen) atoms. The van der Waals surface area contributed by atoms with Crippen LogP contribution in [0.25, 0.3) is 0 Å². The van der Waals surface area contributed by atoms with Crippen LogP contribution in [0.15, 0.2) is 89.8 Å². The molecule has 0 spiro atoms. The van der Waals surface area contributed by atoms with Crippen LogP contribution < -0.4 is 15.4 Å². The van der Waals surface area contributed by atoms with Gasteiger partial charge < -0.3 is 10.6 Å². The summed E-state index contributed by atoms with van der Waals surface area (Å²) in [4.78, 5) is 25.2. The van der Waals surface area contributed by atoms with Gasteiger partial charge in [0.2, 0.25) is 10.0 Å². The molecule has 0 heterocycles. The summed E-state index contributed by atoms with van der Waals surface area (Å²) in [6.07, 6.45) is 0.290. The van der Waals surface area contributed by atoms with Crippen LogP contribution in [-0.4, -0.2) is 39.4 Å². The molecular weight excluding hydrogens is 438 g/mol. The maximum absolute atomic E-state index is 12.6. The van der Waals surface area contributed by atoms with Crippen LogP contribution in [-0.2, 0) is 10.0 Å². The summed E-state index contributed by atoms with van der Waals surface area (Å²) < 4.78 is 27.7. The average Bonchev–Trinajstić information content (AvgIpc) is 2.83. The maximum atomic E-state index is 12.6. The molecule has 0 aliphatic carbocycles. The number of hydrogen-bond acceptors (Lipinski definition) is 4. The van der Waals surface area contributed by atoms with Crippen molar-refractivity contribution in [3.8, 4) is 0 Å². The predicted molar refractivity (Wildman–Crippen MR) is 127 cm³/mol. The van der Waals surface area contributed by atoms with E-state index < -0.39 is 16.1 Å². The minimum absolute atomic E-state index is 0.0944. The molecule has 172 valence electrons. The lowest BCUT2D eigenvalue weighted by Crippen LogP contribution is -2.45. The Morgan fingerprint density at radius 3 is 1.91 bits per heavy atom. The molecular formula is C25H27N3O4S. The molecule has 1 atom stereocenters. The van der Waals surface area contributed by atoms with E-state index in [1.165, 1.54) is 0 Å². The fourth-order valence-corrected chi connectivity index (χ4v) is 4.21. The molecule has 8 heteroatoms. The van der Waals surface area contributed by atoms with Crippen molar-refractivity contribution < 1.29 is 18.0 Å². The Morgan fingerprint density at radius 1 is 0.788 bits per heavy atom. The van der Waals surface area contributed by atoms with E-state index in [0.717, 1.165) is 5.56 Å². The van der Waals surface area contributed by atoms with Crippen molar-refractivity contribution in [1.82, 2.24) is 15.4 Å². The first-order valence-electron chi connectivity index (χ1n) is 10.6. The average molecular weight is 466 g/mol. The number of carbonyl (C=O) groups excluding carboxylic acids is 2. The van der Waals surface area contributed by atoms with Crippen LogP contribution in [0.5, 0.6) is 0 Å². The van der Waals surface area contributed by atoms with Crippen molar-refractivity contribution in [1.29, 1.82) is 0 Å². The normalized spacial score (nSPS) is 12.0. The quantitative estimate of drug-likeness (QED) is 0.428. The molecule has 0 saturated heterocycles. The third kappa shape index (κ3) is 7.27. The first kappa shape index (κ1) is 24.2. The van der Waals surface area contributed by atoms with Crippen molar-refractivity contribution in [3.63, 3.8) is 0 Å². The summed E-state index contributed by atoms with van der Waals surface area (Å²) in [5.74, 6) is -0.564. The summed E-state index contributed by atoms with van der Waals surface area (Å²) in [5, 5.41) is 5.70. The van der Waals surface area contributed by atoms with Crippen molar-refractivity contribution in [3.05, 3.63) is 102 Å². The van der Waals surface area contributed by atoms with Gasteiger partial charge in [0.25, 0.3) is 11.8 Å². The number of aryl methyl sites for hydroxylation is 1. The molecule has 1 unspecified atom stereocenters. The Hall–Kier alpha value is -3.49. The Balaban J connectivity index is 1.63. The second-order valence-electron chi connectivity index (χ2n) is 7.61. The van der Waals surface area contributed by atoms with E-state index in [-0.39, 0.29) is 29.8 Å². The van der Waals surface area contributed by atoms with Gasteiger partial charge in [0.15, 0.2) is 0 Å². The zero-order chi connectivity index (χ0) is 23.7. The van der Waals surface area contributed by atoms with E-state index in [9.17, 15) is 18.0 Å². The van der Waals surface area contributed by atoms with Gasteiger partial charge in [0.1, 0.15) is 0 Å². The van der Waals surface area contributed by atoms with E-state index in [4.69, 9.17) is 0 Å². The minimum Gasteiger partial charge on any atom is -0.350 e. The first-order valence-corrected chi connectivity index (χ1v) is 12.1. The Bertz CT molecular complexity index is 1170. The molecule has 0 saturated carbocycles. The Labute approximate surface area is 194 Å². The molecule has 0 aromatic heterocycles. The van der Waals surface area contributed by atoms with Crippen LogP contribution in [0.2, 0.25) is 0 Å². The lowest BCUT2D eigenvalue weighted by Gasteiger charge is -2.20. The highest BCUT2D eigenvalue weighted by Crippen LogP contribution is 2.10. The van der Waals surface area contributed by atoms with Gasteiger partial charge in [0.05, 0.1) is 4.90 Å². The molecule has 3 rings (SSSR count). The van der Waals surface area contributed by atoms with Crippen molar-refractivity contribution >= 4 is 21.8 Å². The van der Waals surface area contributed by atoms with Crippen LogP contribution >= 0.6 is 0 Å². The molecule has 0 radical (unpaired) electrons. The molecule has 3 aromatic carbocycles. The Morgan fingerprint density at radius 2 is 1.33 bits per heavy atom. The zero-order valence-corrected chi connectivity index (χ0v) is 19.1. The molecule has 7 nitrogen and oxygen atoms in total. The highest BCUT2D eigenvalue weighted by Gasteiger charge is 2.18. The number of hydrogen-bond donors (Lipinski definition) is 3. The maximum Gasteiger partial charge on any atom is 0.251 e. The molecule has 0 aliphatic rings. The number of carbonyl (C=O) groups is 2. The lowest BCUT2D eigenvalue weighted by atomic mass is 10.1. The summed E-state index contributed by atoms with van der Waals surface area (Å²) >= 11 is 0. The third-order valence-corrected chi connectivity index (χ3v) is 6.51. The molecule has 0 fully saturated rings. The van der Waals surface area contributed by atoms with E-state index in [0.29, 0.717) is 17.5 Å². The molecule has 2 amide bonds. The fraction of sp³-hybridized carbons (Fsp3) is 0.200. The summed E-state index contributed by atoms with van der Waals surface area (Å²) in [6, 6.07) is 23.5. The van der Waals surface area contributed by atoms with Gasteiger partial charge in [0, 0.05) is 30.3 Å². The number of sulfonamides is 1. The third-order valence-electron chi connectivity index (χ3n) is 5.03. The highest BCUT2D eigenvalue weighted by molar-refractivity contribution is 7.89. The zero-order valence-electron chi connectivity index (χ0n) is 18.3. The van der Waals surface area contributed by atoms with Crippen LogP contribution in [0, 0.1) is 6.92 Å². The first-order chi connectivity index (χ1) is 15.8. The summed E-state index contributed by atoms with van der Waals surface area (Å²) in [7, 11) is -3.68. The van der Waals surface area contributed by atoms with Crippen LogP contribution in [0.1, 0.15) is 32.7 Å². The van der Waals surface area contributed by atoms with Gasteiger partial charge in [-0.3, -0.25) is 9.59 Å². The van der Waals surface area contributed by atoms with Crippen molar-refractivity contribution in [2.75, 3.05) is 13.1 Å². The smallest absolute Gasteiger partial charge is 0.251 e. The molecule has 0 aliphatic heterocycles. The van der Waals surface area contributed by atoms with Crippen molar-refractivity contribution in [2.24, 2.45) is 0 Å². The summed E-state index contributed by atoms with van der Waals surface area (Å²) in [6.45, 7) is 2.13. The van der Waals surface area contributed by atoms with Crippen molar-refractivity contribution in [2.45, 2.75) is 24.3 Å². The highest BCUT2D eigenvalue weighted by atomic mass is 32.2. The molecule has 0 bridgehead atoms. The second-order valence-corrected chi connectivity index (χ2v) is 9.38. The van der Waals surface area contributed by atoms with Gasteiger partial charge in [-0.1, -0.05) is 54.1 Å². The number of benzene rings is 3. The summed E-state index contributed by atoms with van der Waals surface area (Å²) in [5.41, 5.74) is 1.95. The van der Waals surface area contributed by atoms with Crippen LogP contribution in [0.3, 0.4) is 0 Å². The van der Waals surface area contributed by atoms with Gasteiger partial charge in [-0.25, -0.2) is 13.1 Å². The second kappa shape index (κ2) is 11.4. The number of nitrogens with one attached hydrogen (secondary N) is 3. The van der Waals surface area contributed by atoms with E-state index in [1.807, 2.05) is 19.1 Å². The fourth-order valence-electron chi connectivity index (χ4n) is 3.16. The van der Waals surface area contributed by atoms with Gasteiger partial charge >= 0.3 is 0 Å². The lowest BCUT2D eigenvalue weighted by molar-refractivity contribution is 0.0907. The van der Waals surface area contributed by atoms with E-state index >= 15 is 0 Å². The molecule has 3 aromatic rings. The minimum atomic E-state index is -3.68. The van der Waals surface area contributed by atoms with E-state index in [1.54, 1.807) is 72.8 Å². The molecule has 3 N–H and O–H groups in total. The van der Waals surface area contributed by atoms with Crippen LogP contribution in [0.4, 0.5) is 0 Å². The monoisotopic (exact) mass is 465 g/mol. The van der Waals surface area contributed by atoms with E-state index in [2.05, 4.69) is 15.4 Å². The number of amides is 2. The van der Waals surface area contributed by atoms with Gasteiger partial charge in [-0.15, -0.1) is 0 Å². The topological polar surface area (TPSA) is 104 Å². The predicted octanol–water partition coefficient (Wildman–Crippen LogP) is 2.89.